The standard InChI is InChI=1S/C50H34N6O2/c1-31-29-43-44(30-32(31)2)52-46(38-23-15-34(16-24-38)36-19-27-42(28-20-36)50-56-54-48(58-50)40-11-7-4-8-12-40)45(51-43)37-21-13-33(14-22-37)35-17-25-41(26-18-35)49-55-53-47(57-49)39-9-5-3-6-10-39/h3-30H,1-2H3. The predicted molar refractivity (Wildman–Crippen MR) is 228 cm³/mol. The Balaban J connectivity index is 0.923. The van der Waals surface area contributed by atoms with Crippen LogP contribution in [-0.2, 0) is 0 Å². The van der Waals surface area contributed by atoms with Gasteiger partial charge in [-0.15, -0.1) is 20.4 Å². The second-order valence-electron chi connectivity index (χ2n) is 14.2. The fraction of sp³-hybridized carbons (Fsp3) is 0.0400. The lowest BCUT2D eigenvalue weighted by molar-refractivity contribution is 0.584. The van der Waals surface area contributed by atoms with Gasteiger partial charge >= 0.3 is 0 Å². The number of benzene rings is 7. The quantitative estimate of drug-likeness (QED) is 0.151. The number of hydrogen-bond acceptors (Lipinski definition) is 8. The third-order valence-corrected chi connectivity index (χ3v) is 10.4. The smallest absolute Gasteiger partial charge is 0.248 e. The van der Waals surface area contributed by atoms with Crippen molar-refractivity contribution in [1.82, 2.24) is 30.4 Å². The maximum Gasteiger partial charge on any atom is 0.248 e. The van der Waals surface area contributed by atoms with E-state index in [2.05, 4.69) is 119 Å². The van der Waals surface area contributed by atoms with Crippen molar-refractivity contribution >= 4 is 11.0 Å². The molecule has 0 unspecified atom stereocenters. The Morgan fingerprint density at radius 3 is 0.862 bits per heavy atom. The number of fused-ring (bicyclic) bond motifs is 1. The maximum atomic E-state index is 5.98. The van der Waals surface area contributed by atoms with Crippen LogP contribution in [0.3, 0.4) is 0 Å². The molecule has 10 aromatic rings. The normalized spacial score (nSPS) is 11.3. The largest absolute Gasteiger partial charge is 0.416 e. The van der Waals surface area contributed by atoms with E-state index in [4.69, 9.17) is 18.8 Å². The Morgan fingerprint density at radius 1 is 0.293 bits per heavy atom. The van der Waals surface area contributed by atoms with E-state index < -0.39 is 0 Å². The lowest BCUT2D eigenvalue weighted by atomic mass is 9.97. The molecule has 0 atom stereocenters. The summed E-state index contributed by atoms with van der Waals surface area (Å²) in [4.78, 5) is 10.5. The summed E-state index contributed by atoms with van der Waals surface area (Å²) in [6.07, 6.45) is 0. The molecule has 3 heterocycles. The highest BCUT2D eigenvalue weighted by molar-refractivity contribution is 5.88. The highest BCUT2D eigenvalue weighted by atomic mass is 16.4. The van der Waals surface area contributed by atoms with Gasteiger partial charge in [-0.05, 0) is 108 Å². The molecule has 8 heteroatoms. The van der Waals surface area contributed by atoms with Crippen LogP contribution in [-0.4, -0.2) is 30.4 Å². The minimum atomic E-state index is 0.484. The Kier molecular flexibility index (Phi) is 8.76. The fourth-order valence-electron chi connectivity index (χ4n) is 7.04. The summed E-state index contributed by atoms with van der Waals surface area (Å²) in [5.74, 6) is 1.96. The average molecular weight is 751 g/mol. The molecular weight excluding hydrogens is 717 g/mol. The zero-order valence-corrected chi connectivity index (χ0v) is 31.7. The summed E-state index contributed by atoms with van der Waals surface area (Å²) in [5.41, 5.74) is 15.5. The lowest BCUT2D eigenvalue weighted by Gasteiger charge is -2.13. The van der Waals surface area contributed by atoms with E-state index in [1.807, 2.05) is 84.9 Å². The van der Waals surface area contributed by atoms with Gasteiger partial charge < -0.3 is 8.83 Å². The van der Waals surface area contributed by atoms with Crippen LogP contribution < -0.4 is 0 Å². The van der Waals surface area contributed by atoms with Gasteiger partial charge in [0.25, 0.3) is 0 Å². The number of rotatable bonds is 8. The van der Waals surface area contributed by atoms with Crippen molar-refractivity contribution in [2.24, 2.45) is 0 Å². The van der Waals surface area contributed by atoms with Gasteiger partial charge in [0, 0.05) is 33.4 Å². The van der Waals surface area contributed by atoms with E-state index in [9.17, 15) is 0 Å². The third kappa shape index (κ3) is 6.73. The molecule has 7 aromatic carbocycles. The Hall–Kier alpha value is -7.84. The molecule has 0 fully saturated rings. The second kappa shape index (κ2) is 14.7. The Bertz CT molecular complexity index is 2820. The van der Waals surface area contributed by atoms with Crippen LogP contribution in [0.2, 0.25) is 0 Å². The molecule has 3 aromatic heterocycles. The molecule has 8 nitrogen and oxygen atoms in total. The summed E-state index contributed by atoms with van der Waals surface area (Å²) in [6, 6.07) is 57.1. The number of aryl methyl sites for hydroxylation is 2. The molecule has 10 rings (SSSR count). The van der Waals surface area contributed by atoms with E-state index in [1.54, 1.807) is 0 Å². The summed E-state index contributed by atoms with van der Waals surface area (Å²) in [7, 11) is 0. The highest BCUT2D eigenvalue weighted by Gasteiger charge is 2.16. The van der Waals surface area contributed by atoms with E-state index in [0.29, 0.717) is 23.6 Å². The van der Waals surface area contributed by atoms with Crippen molar-refractivity contribution in [2.45, 2.75) is 13.8 Å². The van der Waals surface area contributed by atoms with Gasteiger partial charge in [-0.2, -0.15) is 0 Å². The molecule has 58 heavy (non-hydrogen) atoms. The van der Waals surface area contributed by atoms with Crippen LogP contribution in [0, 0.1) is 13.8 Å². The van der Waals surface area contributed by atoms with Gasteiger partial charge in [0.1, 0.15) is 0 Å². The van der Waals surface area contributed by atoms with Crippen molar-refractivity contribution in [1.29, 1.82) is 0 Å². The zero-order valence-electron chi connectivity index (χ0n) is 31.7. The molecule has 0 amide bonds. The molecule has 276 valence electrons. The highest BCUT2D eigenvalue weighted by Crippen LogP contribution is 2.35. The average Bonchev–Trinajstić information content (AvgIpc) is 4.00. The van der Waals surface area contributed by atoms with Crippen molar-refractivity contribution in [3.8, 4) is 90.6 Å². The Labute approximate surface area is 334 Å². The minimum Gasteiger partial charge on any atom is -0.416 e. The van der Waals surface area contributed by atoms with Crippen molar-refractivity contribution < 1.29 is 8.83 Å². The lowest BCUT2D eigenvalue weighted by Crippen LogP contribution is -1.97. The van der Waals surface area contributed by atoms with Gasteiger partial charge in [0.15, 0.2) is 0 Å². The monoisotopic (exact) mass is 750 g/mol. The molecule has 0 spiro atoms. The molecular formula is C50H34N6O2. The Morgan fingerprint density at radius 2 is 0.552 bits per heavy atom. The first kappa shape index (κ1) is 34.6. The molecule has 0 bridgehead atoms. The van der Waals surface area contributed by atoms with Crippen LogP contribution in [0.1, 0.15) is 11.1 Å². The molecule has 0 N–H and O–H groups in total. The summed E-state index contributed by atoms with van der Waals surface area (Å²) in [6.45, 7) is 4.22. The number of hydrogen-bond donors (Lipinski definition) is 0. The second-order valence-corrected chi connectivity index (χ2v) is 14.2. The van der Waals surface area contributed by atoms with Crippen molar-refractivity contribution in [3.63, 3.8) is 0 Å². The maximum absolute atomic E-state index is 5.98. The van der Waals surface area contributed by atoms with Gasteiger partial charge in [0.2, 0.25) is 23.6 Å². The summed E-state index contributed by atoms with van der Waals surface area (Å²) in [5, 5.41) is 17.0. The van der Waals surface area contributed by atoms with E-state index in [0.717, 1.165) is 78.1 Å². The van der Waals surface area contributed by atoms with Gasteiger partial charge in [-0.25, -0.2) is 9.97 Å². The van der Waals surface area contributed by atoms with Crippen molar-refractivity contribution in [2.75, 3.05) is 0 Å². The van der Waals surface area contributed by atoms with E-state index >= 15 is 0 Å². The first-order chi connectivity index (χ1) is 28.5. The van der Waals surface area contributed by atoms with Crippen LogP contribution >= 0.6 is 0 Å². The van der Waals surface area contributed by atoms with Gasteiger partial charge in [0.05, 0.1) is 22.4 Å². The minimum absolute atomic E-state index is 0.484. The molecule has 0 saturated heterocycles. The molecule has 0 aliphatic heterocycles. The van der Waals surface area contributed by atoms with Crippen LogP contribution in [0.15, 0.2) is 179 Å². The van der Waals surface area contributed by atoms with Crippen LogP contribution in [0.5, 0.6) is 0 Å². The first-order valence-electron chi connectivity index (χ1n) is 19.0. The van der Waals surface area contributed by atoms with Crippen LogP contribution in [0.25, 0.3) is 102 Å². The third-order valence-electron chi connectivity index (χ3n) is 10.4. The molecule has 0 aliphatic rings. The van der Waals surface area contributed by atoms with Crippen LogP contribution in [0.4, 0.5) is 0 Å². The molecule has 0 aliphatic carbocycles. The summed E-state index contributed by atoms with van der Waals surface area (Å²) < 4.78 is 12.0. The van der Waals surface area contributed by atoms with Gasteiger partial charge in [-0.3, -0.25) is 0 Å². The topological polar surface area (TPSA) is 104 Å². The SMILES string of the molecule is Cc1cc2nc(-c3ccc(-c4ccc(-c5nnc(-c6ccccc6)o5)cc4)cc3)c(-c3ccc(-c4ccc(-c5nnc(-c6ccccc6)o5)cc4)cc3)nc2cc1C. The van der Waals surface area contributed by atoms with Crippen molar-refractivity contribution in [3.05, 3.63) is 181 Å². The van der Waals surface area contributed by atoms with Gasteiger partial charge in [-0.1, -0.05) is 109 Å². The summed E-state index contributed by atoms with van der Waals surface area (Å²) >= 11 is 0. The van der Waals surface area contributed by atoms with E-state index in [1.165, 1.54) is 11.1 Å². The number of aromatic nitrogens is 6. The molecule has 0 saturated carbocycles. The van der Waals surface area contributed by atoms with E-state index in [-0.39, 0.29) is 0 Å². The fourth-order valence-corrected chi connectivity index (χ4v) is 7.04. The predicted octanol–water partition coefficient (Wildman–Crippen LogP) is 12.3. The molecule has 0 radical (unpaired) electrons. The zero-order chi connectivity index (χ0) is 39.0. The first-order valence-corrected chi connectivity index (χ1v) is 19.0. The number of nitrogens with zero attached hydrogens (tertiary/aromatic N) is 6.